The summed E-state index contributed by atoms with van der Waals surface area (Å²) in [6.07, 6.45) is 11.2. The summed E-state index contributed by atoms with van der Waals surface area (Å²) in [6, 6.07) is 0.729. The molecule has 0 radical (unpaired) electrons. The Balaban J connectivity index is 1.93. The predicted molar refractivity (Wildman–Crippen MR) is 83.5 cm³/mol. The van der Waals surface area contributed by atoms with Crippen LogP contribution in [0.1, 0.15) is 72.1 Å². The smallest absolute Gasteiger partial charge is 0.0334 e. The van der Waals surface area contributed by atoms with E-state index in [9.17, 15) is 0 Å². The van der Waals surface area contributed by atoms with Crippen LogP contribution in [0.25, 0.3) is 0 Å². The zero-order valence-corrected chi connectivity index (χ0v) is 13.4. The molecule has 2 nitrogen and oxygen atoms in total. The fourth-order valence-electron chi connectivity index (χ4n) is 4.10. The van der Waals surface area contributed by atoms with E-state index >= 15 is 0 Å². The van der Waals surface area contributed by atoms with Crippen molar-refractivity contribution in [2.45, 2.75) is 83.7 Å². The molecule has 1 spiro atoms. The number of nitrogens with one attached hydrogen (secondary N) is 1. The van der Waals surface area contributed by atoms with Gasteiger partial charge in [0, 0.05) is 24.7 Å². The van der Waals surface area contributed by atoms with E-state index in [1.54, 1.807) is 0 Å². The van der Waals surface area contributed by atoms with Crippen LogP contribution in [0.5, 0.6) is 0 Å². The third-order valence-corrected chi connectivity index (χ3v) is 5.15. The molecule has 19 heavy (non-hydrogen) atoms. The highest BCUT2D eigenvalue weighted by atomic mass is 15.3. The molecule has 2 rings (SSSR count). The van der Waals surface area contributed by atoms with Gasteiger partial charge < -0.3 is 5.32 Å². The Labute approximate surface area is 120 Å². The monoisotopic (exact) mass is 266 g/mol. The Morgan fingerprint density at radius 3 is 2.58 bits per heavy atom. The van der Waals surface area contributed by atoms with Gasteiger partial charge in [-0.2, -0.15) is 0 Å². The van der Waals surface area contributed by atoms with Crippen molar-refractivity contribution in [3.63, 3.8) is 0 Å². The second-order valence-electron chi connectivity index (χ2n) is 7.29. The SMILES string of the molecule is CCCCCN1CC(CC(C)C)NCC12CCCC2. The largest absolute Gasteiger partial charge is 0.311 e. The first kappa shape index (κ1) is 15.3. The lowest BCUT2D eigenvalue weighted by atomic mass is 9.88. The van der Waals surface area contributed by atoms with Gasteiger partial charge in [0.15, 0.2) is 0 Å². The van der Waals surface area contributed by atoms with Gasteiger partial charge in [-0.15, -0.1) is 0 Å². The lowest BCUT2D eigenvalue weighted by Crippen LogP contribution is -2.63. The van der Waals surface area contributed by atoms with Crippen molar-refractivity contribution < 1.29 is 0 Å². The summed E-state index contributed by atoms with van der Waals surface area (Å²) in [5, 5.41) is 3.86. The molecule has 1 aliphatic carbocycles. The number of hydrogen-bond donors (Lipinski definition) is 1. The van der Waals surface area contributed by atoms with Crippen LogP contribution in [0, 0.1) is 5.92 Å². The number of piperazine rings is 1. The Morgan fingerprint density at radius 2 is 1.95 bits per heavy atom. The summed E-state index contributed by atoms with van der Waals surface area (Å²) in [5.41, 5.74) is 0.529. The Kier molecular flexibility index (Phi) is 5.70. The Bertz CT molecular complexity index is 256. The van der Waals surface area contributed by atoms with E-state index in [0.29, 0.717) is 5.54 Å². The Hall–Kier alpha value is -0.0800. The lowest BCUT2D eigenvalue weighted by Gasteiger charge is -2.49. The molecule has 0 aromatic heterocycles. The minimum absolute atomic E-state index is 0.529. The average molecular weight is 266 g/mol. The fraction of sp³-hybridized carbons (Fsp3) is 1.00. The summed E-state index contributed by atoms with van der Waals surface area (Å²) in [6.45, 7) is 10.9. The van der Waals surface area contributed by atoms with Crippen LogP contribution < -0.4 is 5.32 Å². The third kappa shape index (κ3) is 3.95. The molecular formula is C17H34N2. The molecule has 0 bridgehead atoms. The minimum atomic E-state index is 0.529. The number of hydrogen-bond acceptors (Lipinski definition) is 2. The molecule has 1 saturated heterocycles. The van der Waals surface area contributed by atoms with Gasteiger partial charge in [-0.25, -0.2) is 0 Å². The van der Waals surface area contributed by atoms with E-state index in [2.05, 4.69) is 31.0 Å². The first-order chi connectivity index (χ1) is 9.16. The van der Waals surface area contributed by atoms with Crippen molar-refractivity contribution in [1.29, 1.82) is 0 Å². The molecule has 112 valence electrons. The van der Waals surface area contributed by atoms with Crippen molar-refractivity contribution in [2.24, 2.45) is 5.92 Å². The second-order valence-corrected chi connectivity index (χ2v) is 7.29. The van der Waals surface area contributed by atoms with Crippen LogP contribution in [0.15, 0.2) is 0 Å². The normalized spacial score (nSPS) is 27.5. The Morgan fingerprint density at radius 1 is 1.21 bits per heavy atom. The number of nitrogens with zero attached hydrogens (tertiary/aromatic N) is 1. The van der Waals surface area contributed by atoms with E-state index in [0.717, 1.165) is 12.0 Å². The summed E-state index contributed by atoms with van der Waals surface area (Å²) in [7, 11) is 0. The van der Waals surface area contributed by atoms with Gasteiger partial charge in [-0.1, -0.05) is 46.5 Å². The molecule has 1 N–H and O–H groups in total. The topological polar surface area (TPSA) is 15.3 Å². The highest BCUT2D eigenvalue weighted by Crippen LogP contribution is 2.37. The van der Waals surface area contributed by atoms with Crippen molar-refractivity contribution in [3.8, 4) is 0 Å². The van der Waals surface area contributed by atoms with Gasteiger partial charge in [0.25, 0.3) is 0 Å². The predicted octanol–water partition coefficient (Wildman–Crippen LogP) is 3.81. The lowest BCUT2D eigenvalue weighted by molar-refractivity contribution is 0.0372. The van der Waals surface area contributed by atoms with Crippen molar-refractivity contribution in [3.05, 3.63) is 0 Å². The molecule has 1 unspecified atom stereocenters. The van der Waals surface area contributed by atoms with E-state index in [-0.39, 0.29) is 0 Å². The van der Waals surface area contributed by atoms with Crippen molar-refractivity contribution >= 4 is 0 Å². The van der Waals surface area contributed by atoms with Crippen molar-refractivity contribution in [1.82, 2.24) is 10.2 Å². The van der Waals surface area contributed by atoms with Crippen LogP contribution in [-0.2, 0) is 0 Å². The third-order valence-electron chi connectivity index (χ3n) is 5.15. The molecule has 2 aliphatic rings. The molecule has 0 aromatic rings. The minimum Gasteiger partial charge on any atom is -0.311 e. The van der Waals surface area contributed by atoms with Crippen LogP contribution in [0.3, 0.4) is 0 Å². The zero-order chi connectivity index (χ0) is 13.7. The molecule has 1 saturated carbocycles. The molecular weight excluding hydrogens is 232 g/mol. The van der Waals surface area contributed by atoms with Gasteiger partial charge in [0.1, 0.15) is 0 Å². The second kappa shape index (κ2) is 7.08. The molecule has 1 atom stereocenters. The standard InChI is InChI=1S/C17H34N2/c1-4-5-8-11-19-13-16(12-15(2)3)18-14-17(19)9-6-7-10-17/h15-16,18H,4-14H2,1-3H3. The van der Waals surface area contributed by atoms with Crippen LogP contribution >= 0.6 is 0 Å². The van der Waals surface area contributed by atoms with Crippen LogP contribution in [-0.4, -0.2) is 36.1 Å². The van der Waals surface area contributed by atoms with Gasteiger partial charge >= 0.3 is 0 Å². The molecule has 1 heterocycles. The van der Waals surface area contributed by atoms with Gasteiger partial charge in [0.2, 0.25) is 0 Å². The molecule has 1 aliphatic heterocycles. The van der Waals surface area contributed by atoms with E-state index < -0.39 is 0 Å². The average Bonchev–Trinajstić information content (AvgIpc) is 2.83. The maximum atomic E-state index is 3.86. The highest BCUT2D eigenvalue weighted by Gasteiger charge is 2.42. The first-order valence-corrected chi connectivity index (χ1v) is 8.65. The van der Waals surface area contributed by atoms with Gasteiger partial charge in [-0.3, -0.25) is 4.90 Å². The molecule has 2 fully saturated rings. The van der Waals surface area contributed by atoms with E-state index in [1.807, 2.05) is 0 Å². The maximum absolute atomic E-state index is 3.86. The van der Waals surface area contributed by atoms with Crippen molar-refractivity contribution in [2.75, 3.05) is 19.6 Å². The summed E-state index contributed by atoms with van der Waals surface area (Å²) >= 11 is 0. The van der Waals surface area contributed by atoms with Gasteiger partial charge in [0.05, 0.1) is 0 Å². The summed E-state index contributed by atoms with van der Waals surface area (Å²) in [4.78, 5) is 2.87. The molecule has 0 amide bonds. The number of unbranched alkanes of at least 4 members (excludes halogenated alkanes) is 2. The van der Waals surface area contributed by atoms with Crippen LogP contribution in [0.2, 0.25) is 0 Å². The maximum Gasteiger partial charge on any atom is 0.0334 e. The molecule has 2 heteroatoms. The fourth-order valence-corrected chi connectivity index (χ4v) is 4.10. The van der Waals surface area contributed by atoms with Crippen LogP contribution in [0.4, 0.5) is 0 Å². The first-order valence-electron chi connectivity index (χ1n) is 8.65. The van der Waals surface area contributed by atoms with E-state index in [1.165, 1.54) is 71.0 Å². The summed E-state index contributed by atoms with van der Waals surface area (Å²) < 4.78 is 0. The molecule has 0 aromatic carbocycles. The highest BCUT2D eigenvalue weighted by molar-refractivity contribution is 5.01. The zero-order valence-electron chi connectivity index (χ0n) is 13.4. The van der Waals surface area contributed by atoms with E-state index in [4.69, 9.17) is 0 Å². The quantitative estimate of drug-likeness (QED) is 0.736. The van der Waals surface area contributed by atoms with Gasteiger partial charge in [-0.05, 0) is 38.1 Å². The number of rotatable bonds is 6. The summed E-state index contributed by atoms with van der Waals surface area (Å²) in [5.74, 6) is 0.813.